The number of carbonyl (C=O) groups is 2. The maximum absolute atomic E-state index is 12.7. The molecule has 1 fully saturated rings. The SMILES string of the molecule is CCOC(=O)C1(C(=O)OCC)[C@H](c2ccc3c(c2)OCO3)[C@H]1S(C)(=O)=O. The first-order valence-electron chi connectivity index (χ1n) is 8.21. The van der Waals surface area contributed by atoms with Gasteiger partial charge in [0.2, 0.25) is 6.79 Å². The summed E-state index contributed by atoms with van der Waals surface area (Å²) in [6.07, 6.45) is 0.998. The highest BCUT2D eigenvalue weighted by molar-refractivity contribution is 7.91. The van der Waals surface area contributed by atoms with Crippen LogP contribution in [0.1, 0.15) is 25.3 Å². The van der Waals surface area contributed by atoms with E-state index in [1.807, 2.05) is 0 Å². The number of rotatable bonds is 6. The number of fused-ring (bicyclic) bond motifs is 1. The molecular formula is C17H20O8S. The van der Waals surface area contributed by atoms with Gasteiger partial charge in [-0.05, 0) is 31.5 Å². The Hall–Kier alpha value is -2.29. The van der Waals surface area contributed by atoms with Gasteiger partial charge in [-0.3, -0.25) is 9.59 Å². The molecule has 1 aromatic rings. The molecule has 0 bridgehead atoms. The number of carbonyl (C=O) groups excluding carboxylic acids is 2. The van der Waals surface area contributed by atoms with Crippen LogP contribution in [0.4, 0.5) is 0 Å². The second-order valence-electron chi connectivity index (χ2n) is 6.15. The van der Waals surface area contributed by atoms with Crippen molar-refractivity contribution < 1.29 is 37.0 Å². The van der Waals surface area contributed by atoms with Crippen molar-refractivity contribution in [3.63, 3.8) is 0 Å². The number of hydrogen-bond acceptors (Lipinski definition) is 8. The number of esters is 2. The third kappa shape index (κ3) is 2.70. The zero-order chi connectivity index (χ0) is 19.1. The van der Waals surface area contributed by atoms with E-state index in [0.717, 1.165) is 6.26 Å². The smallest absolute Gasteiger partial charge is 0.325 e. The zero-order valence-electron chi connectivity index (χ0n) is 14.7. The van der Waals surface area contributed by atoms with E-state index < -0.39 is 38.4 Å². The molecule has 0 spiro atoms. The summed E-state index contributed by atoms with van der Waals surface area (Å²) >= 11 is 0. The fourth-order valence-electron chi connectivity index (χ4n) is 3.56. The van der Waals surface area contributed by atoms with Gasteiger partial charge in [-0.1, -0.05) is 6.07 Å². The van der Waals surface area contributed by atoms with E-state index in [-0.39, 0.29) is 20.0 Å². The van der Waals surface area contributed by atoms with Gasteiger partial charge in [0.25, 0.3) is 0 Å². The van der Waals surface area contributed by atoms with Gasteiger partial charge in [0.1, 0.15) is 0 Å². The lowest BCUT2D eigenvalue weighted by molar-refractivity contribution is -0.164. The van der Waals surface area contributed by atoms with Crippen molar-refractivity contribution in [2.45, 2.75) is 25.0 Å². The molecule has 1 heterocycles. The van der Waals surface area contributed by atoms with E-state index in [1.165, 1.54) is 0 Å². The van der Waals surface area contributed by atoms with Crippen LogP contribution in [0.15, 0.2) is 18.2 Å². The van der Waals surface area contributed by atoms with Gasteiger partial charge in [-0.25, -0.2) is 8.42 Å². The average Bonchev–Trinajstić information content (AvgIpc) is 3.10. The maximum Gasteiger partial charge on any atom is 0.325 e. The maximum atomic E-state index is 12.7. The molecule has 0 unspecified atom stereocenters. The first-order chi connectivity index (χ1) is 12.3. The van der Waals surface area contributed by atoms with Gasteiger partial charge in [0.05, 0.1) is 18.5 Å². The largest absolute Gasteiger partial charge is 0.465 e. The van der Waals surface area contributed by atoms with E-state index in [2.05, 4.69) is 0 Å². The molecule has 1 aromatic carbocycles. The molecular weight excluding hydrogens is 364 g/mol. The lowest BCUT2D eigenvalue weighted by Crippen LogP contribution is -2.35. The monoisotopic (exact) mass is 384 g/mol. The van der Waals surface area contributed by atoms with Crippen LogP contribution in [0, 0.1) is 5.41 Å². The van der Waals surface area contributed by atoms with Crippen LogP contribution in [0.2, 0.25) is 0 Å². The van der Waals surface area contributed by atoms with Crippen molar-refractivity contribution in [2.75, 3.05) is 26.3 Å². The molecule has 2 aliphatic rings. The summed E-state index contributed by atoms with van der Waals surface area (Å²) in [6, 6.07) is 4.83. The molecule has 1 aliphatic heterocycles. The predicted molar refractivity (Wildman–Crippen MR) is 89.6 cm³/mol. The fraction of sp³-hybridized carbons (Fsp3) is 0.529. The van der Waals surface area contributed by atoms with E-state index in [1.54, 1.807) is 32.0 Å². The highest BCUT2D eigenvalue weighted by Crippen LogP contribution is 2.64. The number of sulfone groups is 1. The van der Waals surface area contributed by atoms with Crippen molar-refractivity contribution in [3.8, 4) is 11.5 Å². The van der Waals surface area contributed by atoms with Crippen molar-refractivity contribution >= 4 is 21.8 Å². The third-order valence-electron chi connectivity index (χ3n) is 4.58. The Morgan fingerprint density at radius 2 is 1.69 bits per heavy atom. The zero-order valence-corrected chi connectivity index (χ0v) is 15.5. The molecule has 142 valence electrons. The van der Waals surface area contributed by atoms with Crippen LogP contribution in [0.25, 0.3) is 0 Å². The standard InChI is InChI=1S/C17H20O8S/c1-4-22-15(18)17(16(19)23-5-2)13(14(17)26(3,20)21)10-6-7-11-12(8-10)25-9-24-11/h6-8,13-14H,4-5,9H2,1-3H3/t13-,14-/m1/s1. The van der Waals surface area contributed by atoms with Gasteiger partial charge in [-0.2, -0.15) is 0 Å². The number of benzene rings is 1. The molecule has 3 rings (SSSR count). The lowest BCUT2D eigenvalue weighted by atomic mass is 9.98. The highest BCUT2D eigenvalue weighted by atomic mass is 32.2. The summed E-state index contributed by atoms with van der Waals surface area (Å²) < 4.78 is 45.4. The van der Waals surface area contributed by atoms with Crippen LogP contribution in [-0.2, 0) is 28.9 Å². The van der Waals surface area contributed by atoms with Crippen LogP contribution >= 0.6 is 0 Å². The van der Waals surface area contributed by atoms with Crippen LogP contribution < -0.4 is 9.47 Å². The molecule has 0 N–H and O–H groups in total. The average molecular weight is 384 g/mol. The van der Waals surface area contributed by atoms with Crippen molar-refractivity contribution in [2.24, 2.45) is 5.41 Å². The molecule has 0 radical (unpaired) electrons. The molecule has 1 aliphatic carbocycles. The van der Waals surface area contributed by atoms with Crippen LogP contribution in [-0.4, -0.2) is 51.9 Å². The van der Waals surface area contributed by atoms with Crippen molar-refractivity contribution in [1.82, 2.24) is 0 Å². The molecule has 0 aromatic heterocycles. The lowest BCUT2D eigenvalue weighted by Gasteiger charge is -2.15. The molecule has 2 atom stereocenters. The van der Waals surface area contributed by atoms with Crippen molar-refractivity contribution in [1.29, 1.82) is 0 Å². The molecule has 26 heavy (non-hydrogen) atoms. The molecule has 0 amide bonds. The van der Waals surface area contributed by atoms with E-state index >= 15 is 0 Å². The summed E-state index contributed by atoms with van der Waals surface area (Å²) in [4.78, 5) is 25.3. The van der Waals surface area contributed by atoms with Gasteiger partial charge in [0, 0.05) is 12.2 Å². The first-order valence-corrected chi connectivity index (χ1v) is 10.2. The summed E-state index contributed by atoms with van der Waals surface area (Å²) in [6.45, 7) is 3.27. The second-order valence-corrected chi connectivity index (χ2v) is 8.32. The molecule has 1 saturated carbocycles. The molecule has 8 nitrogen and oxygen atoms in total. The van der Waals surface area contributed by atoms with Gasteiger partial charge < -0.3 is 18.9 Å². The van der Waals surface area contributed by atoms with Crippen LogP contribution in [0.5, 0.6) is 11.5 Å². The van der Waals surface area contributed by atoms with Gasteiger partial charge >= 0.3 is 11.9 Å². The minimum atomic E-state index is -3.75. The number of ether oxygens (including phenoxy) is 4. The van der Waals surface area contributed by atoms with Crippen LogP contribution in [0.3, 0.4) is 0 Å². The normalized spacial score (nSPS) is 22.6. The summed E-state index contributed by atoms with van der Waals surface area (Å²) in [5.74, 6) is -1.75. The van der Waals surface area contributed by atoms with E-state index in [0.29, 0.717) is 17.1 Å². The summed E-state index contributed by atoms with van der Waals surface area (Å²) in [5, 5.41) is -1.26. The van der Waals surface area contributed by atoms with E-state index in [4.69, 9.17) is 18.9 Å². The quantitative estimate of drug-likeness (QED) is 0.529. The molecule has 0 saturated heterocycles. The Kier molecular flexibility index (Phi) is 4.60. The fourth-order valence-corrected chi connectivity index (χ4v) is 5.36. The Labute approximate surface area is 151 Å². The van der Waals surface area contributed by atoms with Gasteiger partial charge in [-0.15, -0.1) is 0 Å². The van der Waals surface area contributed by atoms with E-state index in [9.17, 15) is 18.0 Å². The van der Waals surface area contributed by atoms with Crippen molar-refractivity contribution in [3.05, 3.63) is 23.8 Å². The Morgan fingerprint density at radius 3 is 2.23 bits per heavy atom. The third-order valence-corrected chi connectivity index (χ3v) is 6.14. The summed E-state index contributed by atoms with van der Waals surface area (Å²) in [7, 11) is -3.75. The number of hydrogen-bond donors (Lipinski definition) is 0. The molecule has 9 heteroatoms. The topological polar surface area (TPSA) is 105 Å². The minimum Gasteiger partial charge on any atom is -0.465 e. The van der Waals surface area contributed by atoms with Gasteiger partial charge in [0.15, 0.2) is 26.8 Å². The highest BCUT2D eigenvalue weighted by Gasteiger charge is 2.81. The first kappa shape index (κ1) is 18.5. The summed E-state index contributed by atoms with van der Waals surface area (Å²) in [5.41, 5.74) is -1.43. The Balaban J connectivity index is 2.11. The predicted octanol–water partition coefficient (Wildman–Crippen LogP) is 1.04. The Bertz CT molecular complexity index is 826. The minimum absolute atomic E-state index is 0.0182. The Morgan fingerprint density at radius 1 is 1.12 bits per heavy atom. The second kappa shape index (κ2) is 6.46.